The van der Waals surface area contributed by atoms with Gasteiger partial charge in [0.25, 0.3) is 0 Å². The van der Waals surface area contributed by atoms with Crippen LogP contribution in [0.3, 0.4) is 0 Å². The first kappa shape index (κ1) is 24.4. The lowest BCUT2D eigenvalue weighted by atomic mass is 10.1. The van der Waals surface area contributed by atoms with Crippen LogP contribution in [0.25, 0.3) is 5.69 Å². The second kappa shape index (κ2) is 10.7. The Labute approximate surface area is 203 Å². The van der Waals surface area contributed by atoms with E-state index in [0.717, 1.165) is 62.6 Å². The number of piperazine rings is 1. The van der Waals surface area contributed by atoms with Crippen LogP contribution in [-0.4, -0.2) is 58.8 Å². The summed E-state index contributed by atoms with van der Waals surface area (Å²) in [6.07, 6.45) is 0.886. The maximum absolute atomic E-state index is 13.5. The van der Waals surface area contributed by atoms with Crippen LogP contribution in [-0.2, 0) is 19.5 Å². The molecule has 3 aromatic rings. The van der Waals surface area contributed by atoms with Crippen LogP contribution in [0.4, 0.5) is 10.2 Å². The van der Waals surface area contributed by atoms with E-state index in [1.54, 1.807) is 12.1 Å². The molecule has 4 rings (SSSR count). The van der Waals surface area contributed by atoms with Crippen molar-refractivity contribution < 1.29 is 4.39 Å². The molecule has 0 amide bonds. The van der Waals surface area contributed by atoms with Crippen molar-refractivity contribution in [1.29, 1.82) is 0 Å². The van der Waals surface area contributed by atoms with Crippen LogP contribution >= 0.6 is 0 Å². The number of anilines is 1. The molecule has 2 aromatic carbocycles. The van der Waals surface area contributed by atoms with E-state index >= 15 is 0 Å². The van der Waals surface area contributed by atoms with Gasteiger partial charge >= 0.3 is 0 Å². The van der Waals surface area contributed by atoms with E-state index in [4.69, 9.17) is 5.10 Å². The zero-order valence-corrected chi connectivity index (χ0v) is 21.3. The van der Waals surface area contributed by atoms with Gasteiger partial charge in [0.05, 0.1) is 11.4 Å². The summed E-state index contributed by atoms with van der Waals surface area (Å²) in [7, 11) is 2.19. The van der Waals surface area contributed by atoms with Crippen molar-refractivity contribution in [2.75, 3.05) is 38.1 Å². The molecule has 1 fully saturated rings. The van der Waals surface area contributed by atoms with Gasteiger partial charge in [-0.2, -0.15) is 5.10 Å². The molecule has 182 valence electrons. The van der Waals surface area contributed by atoms with Gasteiger partial charge in [-0.15, -0.1) is 0 Å². The SMILES string of the molecule is CCc1nn(-c2cccc(C)c2)c(N2CCN(C)CC2)c1CN(Cc1ccc(F)cc1)C(C)C. The van der Waals surface area contributed by atoms with Crippen LogP contribution in [0.2, 0.25) is 0 Å². The molecule has 0 saturated carbocycles. The molecule has 0 N–H and O–H groups in total. The number of halogens is 1. The van der Waals surface area contributed by atoms with Crippen LogP contribution in [0.1, 0.15) is 43.2 Å². The number of nitrogens with zero attached hydrogens (tertiary/aromatic N) is 5. The Balaban J connectivity index is 1.75. The van der Waals surface area contributed by atoms with Gasteiger partial charge in [-0.1, -0.05) is 31.2 Å². The first-order chi connectivity index (χ1) is 16.4. The quantitative estimate of drug-likeness (QED) is 0.468. The molecule has 1 aliphatic rings. The van der Waals surface area contributed by atoms with Gasteiger partial charge in [0.15, 0.2) is 0 Å². The van der Waals surface area contributed by atoms with E-state index in [2.05, 4.69) is 78.4 Å². The van der Waals surface area contributed by atoms with E-state index in [1.807, 2.05) is 12.1 Å². The molecule has 2 heterocycles. The van der Waals surface area contributed by atoms with Crippen LogP contribution in [0.15, 0.2) is 48.5 Å². The van der Waals surface area contributed by atoms with Crippen molar-refractivity contribution in [2.45, 2.75) is 53.2 Å². The Bertz CT molecular complexity index is 1080. The van der Waals surface area contributed by atoms with Crippen LogP contribution in [0.5, 0.6) is 0 Å². The highest BCUT2D eigenvalue weighted by Crippen LogP contribution is 2.31. The molecule has 0 bridgehead atoms. The Hall–Kier alpha value is -2.70. The average molecular weight is 464 g/mol. The maximum atomic E-state index is 13.5. The monoisotopic (exact) mass is 463 g/mol. The third-order valence-electron chi connectivity index (χ3n) is 6.81. The number of benzene rings is 2. The normalized spacial score (nSPS) is 15.0. The highest BCUT2D eigenvalue weighted by molar-refractivity contribution is 5.56. The van der Waals surface area contributed by atoms with Crippen LogP contribution < -0.4 is 4.90 Å². The lowest BCUT2D eigenvalue weighted by Crippen LogP contribution is -2.45. The molecule has 1 aromatic heterocycles. The number of aryl methyl sites for hydroxylation is 2. The average Bonchev–Trinajstić information content (AvgIpc) is 3.18. The zero-order chi connectivity index (χ0) is 24.2. The van der Waals surface area contributed by atoms with Crippen LogP contribution in [0, 0.1) is 12.7 Å². The molecule has 0 radical (unpaired) electrons. The van der Waals surface area contributed by atoms with E-state index < -0.39 is 0 Å². The van der Waals surface area contributed by atoms with Gasteiger partial charge in [0.1, 0.15) is 11.6 Å². The number of likely N-dealkylation sites (N-methyl/N-ethyl adjacent to an activating group) is 1. The van der Waals surface area contributed by atoms with Crippen molar-refractivity contribution in [3.8, 4) is 5.69 Å². The summed E-state index contributed by atoms with van der Waals surface area (Å²) in [5.41, 5.74) is 5.94. The molecule has 0 unspecified atom stereocenters. The first-order valence-electron chi connectivity index (χ1n) is 12.5. The predicted molar refractivity (Wildman–Crippen MR) is 138 cm³/mol. The minimum absolute atomic E-state index is 0.190. The fourth-order valence-electron chi connectivity index (χ4n) is 4.66. The number of rotatable bonds is 8. The van der Waals surface area contributed by atoms with Gasteiger partial charge in [-0.05, 0) is 69.6 Å². The third kappa shape index (κ3) is 5.50. The third-order valence-corrected chi connectivity index (χ3v) is 6.81. The number of hydrogen-bond acceptors (Lipinski definition) is 4. The topological polar surface area (TPSA) is 27.5 Å². The Morgan fingerprint density at radius 2 is 1.71 bits per heavy atom. The van der Waals surface area contributed by atoms with Gasteiger partial charge < -0.3 is 9.80 Å². The Morgan fingerprint density at radius 1 is 1.00 bits per heavy atom. The van der Waals surface area contributed by atoms with Gasteiger partial charge in [-0.25, -0.2) is 9.07 Å². The molecule has 1 saturated heterocycles. The summed E-state index contributed by atoms with van der Waals surface area (Å²) < 4.78 is 15.6. The largest absolute Gasteiger partial charge is 0.354 e. The van der Waals surface area contributed by atoms with Crippen molar-refractivity contribution >= 4 is 5.82 Å². The Morgan fingerprint density at radius 3 is 2.32 bits per heavy atom. The molecular weight excluding hydrogens is 425 g/mol. The van der Waals surface area contributed by atoms with Crippen molar-refractivity contribution in [3.63, 3.8) is 0 Å². The predicted octanol–water partition coefficient (Wildman–Crippen LogP) is 5.04. The highest BCUT2D eigenvalue weighted by Gasteiger charge is 2.27. The smallest absolute Gasteiger partial charge is 0.137 e. The summed E-state index contributed by atoms with van der Waals surface area (Å²) in [5, 5.41) is 5.15. The molecular formula is C28H38FN5. The van der Waals surface area contributed by atoms with E-state index in [-0.39, 0.29) is 5.82 Å². The maximum Gasteiger partial charge on any atom is 0.137 e. The van der Waals surface area contributed by atoms with Crippen molar-refractivity contribution in [2.24, 2.45) is 0 Å². The van der Waals surface area contributed by atoms with Gasteiger partial charge in [-0.3, -0.25) is 4.90 Å². The Kier molecular flexibility index (Phi) is 7.69. The van der Waals surface area contributed by atoms with Crippen molar-refractivity contribution in [1.82, 2.24) is 19.6 Å². The summed E-state index contributed by atoms with van der Waals surface area (Å²) in [5.74, 6) is 1.03. The fourth-order valence-corrected chi connectivity index (χ4v) is 4.66. The summed E-state index contributed by atoms with van der Waals surface area (Å²) >= 11 is 0. The molecule has 6 heteroatoms. The second-order valence-electron chi connectivity index (χ2n) is 9.77. The molecule has 1 aliphatic heterocycles. The molecule has 0 aliphatic carbocycles. The number of hydrogen-bond donors (Lipinski definition) is 0. The fraction of sp³-hybridized carbons (Fsp3) is 0.464. The standard InChI is InChI=1S/C28H38FN5/c1-6-27-26(20-33(21(2)3)19-23-10-12-24(29)13-11-23)28(32-16-14-31(5)15-17-32)34(30-27)25-9-7-8-22(4)18-25/h7-13,18,21H,6,14-17,19-20H2,1-5H3. The minimum Gasteiger partial charge on any atom is -0.354 e. The molecule has 0 atom stereocenters. The first-order valence-corrected chi connectivity index (χ1v) is 12.5. The second-order valence-corrected chi connectivity index (χ2v) is 9.77. The summed E-state index contributed by atoms with van der Waals surface area (Å²) in [4.78, 5) is 7.36. The van der Waals surface area contributed by atoms with Gasteiger partial charge in [0, 0.05) is 50.9 Å². The zero-order valence-electron chi connectivity index (χ0n) is 21.3. The lowest BCUT2D eigenvalue weighted by Gasteiger charge is -2.35. The van der Waals surface area contributed by atoms with Gasteiger partial charge in [0.2, 0.25) is 0 Å². The molecule has 5 nitrogen and oxygen atoms in total. The molecule has 0 spiro atoms. The lowest BCUT2D eigenvalue weighted by molar-refractivity contribution is 0.203. The molecule has 34 heavy (non-hydrogen) atoms. The minimum atomic E-state index is -0.190. The van der Waals surface area contributed by atoms with E-state index in [0.29, 0.717) is 6.04 Å². The number of aromatic nitrogens is 2. The van der Waals surface area contributed by atoms with Crippen molar-refractivity contribution in [3.05, 3.63) is 76.7 Å². The summed E-state index contributed by atoms with van der Waals surface area (Å²) in [6, 6.07) is 15.8. The van der Waals surface area contributed by atoms with E-state index in [1.165, 1.54) is 16.9 Å². The highest BCUT2D eigenvalue weighted by atomic mass is 19.1. The van der Waals surface area contributed by atoms with E-state index in [9.17, 15) is 4.39 Å². The summed E-state index contributed by atoms with van der Waals surface area (Å²) in [6.45, 7) is 14.4.